The first-order valence-electron chi connectivity index (χ1n) is 16.4. The lowest BCUT2D eigenvalue weighted by Crippen LogP contribution is -2.55. The van der Waals surface area contributed by atoms with Crippen LogP contribution in [0.3, 0.4) is 0 Å². The van der Waals surface area contributed by atoms with Crippen LogP contribution in [0.2, 0.25) is 0 Å². The average molecular weight is 688 g/mol. The first kappa shape index (κ1) is 35.4. The van der Waals surface area contributed by atoms with E-state index in [9.17, 15) is 18.0 Å². The number of nitrogens with one attached hydrogen (secondary N) is 1. The number of anilines is 1. The van der Waals surface area contributed by atoms with E-state index in [0.717, 1.165) is 42.0 Å². The van der Waals surface area contributed by atoms with Crippen LogP contribution in [-0.4, -0.2) is 58.0 Å². The van der Waals surface area contributed by atoms with Crippen LogP contribution in [0.5, 0.6) is 11.5 Å². The van der Waals surface area contributed by atoms with Crippen molar-refractivity contribution in [3.8, 4) is 11.5 Å². The van der Waals surface area contributed by atoms with Gasteiger partial charge in [0.05, 0.1) is 24.8 Å². The molecular weight excluding hydrogens is 645 g/mol. The molecule has 1 N–H and O–H groups in total. The highest BCUT2D eigenvalue weighted by Gasteiger charge is 2.36. The number of nitrogens with zero attached hydrogens (tertiary/aromatic N) is 2. The topological polar surface area (TPSA) is 105 Å². The SMILES string of the molecule is COc1ccc(S(=O)(=O)N(CC(=O)N(Cc2ccccc2F)[C@@H](Cc2ccccc2)C(=O)NC2CCCCC2)c2ccccc2)cc1OC. The molecule has 5 rings (SSSR count). The van der Waals surface area contributed by atoms with E-state index in [1.807, 2.05) is 30.3 Å². The molecule has 1 saturated carbocycles. The van der Waals surface area contributed by atoms with E-state index in [1.165, 1.54) is 43.4 Å². The van der Waals surface area contributed by atoms with Gasteiger partial charge >= 0.3 is 0 Å². The highest BCUT2D eigenvalue weighted by Crippen LogP contribution is 2.32. The van der Waals surface area contributed by atoms with Crippen molar-refractivity contribution in [3.05, 3.63) is 120 Å². The van der Waals surface area contributed by atoms with Crippen LogP contribution in [-0.2, 0) is 32.6 Å². The Morgan fingerprint density at radius 3 is 2.12 bits per heavy atom. The smallest absolute Gasteiger partial charge is 0.264 e. The number of halogens is 1. The van der Waals surface area contributed by atoms with Gasteiger partial charge in [0.1, 0.15) is 18.4 Å². The summed E-state index contributed by atoms with van der Waals surface area (Å²) < 4.78 is 55.6. The third-order valence-corrected chi connectivity index (χ3v) is 10.6. The molecule has 0 spiro atoms. The second-order valence-corrected chi connectivity index (χ2v) is 13.9. The fraction of sp³-hybridized carbons (Fsp3) is 0.316. The van der Waals surface area contributed by atoms with Crippen LogP contribution < -0.4 is 19.1 Å². The predicted molar refractivity (Wildman–Crippen MR) is 186 cm³/mol. The second-order valence-electron chi connectivity index (χ2n) is 12.0. The van der Waals surface area contributed by atoms with Crippen LogP contribution in [0.15, 0.2) is 108 Å². The Labute approximate surface area is 287 Å². The molecular formula is C38H42FN3O6S. The molecule has 0 radical (unpaired) electrons. The summed E-state index contributed by atoms with van der Waals surface area (Å²) in [6.07, 6.45) is 4.89. The van der Waals surface area contributed by atoms with E-state index in [-0.39, 0.29) is 46.8 Å². The van der Waals surface area contributed by atoms with Crippen LogP contribution in [0, 0.1) is 5.82 Å². The minimum absolute atomic E-state index is 0.0452. The zero-order valence-electron chi connectivity index (χ0n) is 27.8. The summed E-state index contributed by atoms with van der Waals surface area (Å²) in [4.78, 5) is 30.0. The van der Waals surface area contributed by atoms with E-state index in [2.05, 4.69) is 5.32 Å². The summed E-state index contributed by atoms with van der Waals surface area (Å²) in [5.41, 5.74) is 1.24. The van der Waals surface area contributed by atoms with Crippen molar-refractivity contribution in [2.75, 3.05) is 25.1 Å². The van der Waals surface area contributed by atoms with Crippen LogP contribution >= 0.6 is 0 Å². The minimum atomic E-state index is -4.37. The monoisotopic (exact) mass is 687 g/mol. The molecule has 1 atom stereocenters. The fourth-order valence-corrected chi connectivity index (χ4v) is 7.57. The third-order valence-electron chi connectivity index (χ3n) is 8.79. The van der Waals surface area contributed by atoms with Crippen molar-refractivity contribution in [2.24, 2.45) is 0 Å². The van der Waals surface area contributed by atoms with E-state index >= 15 is 4.39 Å². The van der Waals surface area contributed by atoms with Crippen LogP contribution in [0.4, 0.5) is 10.1 Å². The summed E-state index contributed by atoms with van der Waals surface area (Å²) in [5, 5.41) is 3.16. The lowest BCUT2D eigenvalue weighted by molar-refractivity contribution is -0.140. The molecule has 9 nitrogen and oxygen atoms in total. The van der Waals surface area contributed by atoms with Crippen molar-refractivity contribution >= 4 is 27.5 Å². The molecule has 0 bridgehead atoms. The minimum Gasteiger partial charge on any atom is -0.493 e. The molecule has 0 aromatic heterocycles. The molecule has 258 valence electrons. The number of para-hydroxylation sites is 1. The Balaban J connectivity index is 1.57. The Morgan fingerprint density at radius 1 is 0.837 bits per heavy atom. The van der Waals surface area contributed by atoms with Gasteiger partial charge < -0.3 is 19.7 Å². The van der Waals surface area contributed by atoms with Gasteiger partial charge in [0.25, 0.3) is 10.0 Å². The van der Waals surface area contributed by atoms with Crippen molar-refractivity contribution in [2.45, 2.75) is 62.0 Å². The highest BCUT2D eigenvalue weighted by molar-refractivity contribution is 7.92. The molecule has 4 aromatic carbocycles. The number of benzene rings is 4. The fourth-order valence-electron chi connectivity index (χ4n) is 6.14. The normalized spacial score (nSPS) is 14.0. The van der Waals surface area contributed by atoms with Gasteiger partial charge in [-0.1, -0.05) is 86.0 Å². The quantitative estimate of drug-likeness (QED) is 0.171. The van der Waals surface area contributed by atoms with Gasteiger partial charge in [-0.05, 0) is 48.7 Å². The average Bonchev–Trinajstić information content (AvgIpc) is 3.13. The number of carbonyl (C=O) groups is 2. The number of amides is 2. The van der Waals surface area contributed by atoms with Crippen molar-refractivity contribution in [1.29, 1.82) is 0 Å². The Bertz CT molecular complexity index is 1820. The van der Waals surface area contributed by atoms with E-state index in [4.69, 9.17) is 9.47 Å². The zero-order valence-corrected chi connectivity index (χ0v) is 28.6. The van der Waals surface area contributed by atoms with Crippen molar-refractivity contribution in [3.63, 3.8) is 0 Å². The number of sulfonamides is 1. The summed E-state index contributed by atoms with van der Waals surface area (Å²) in [7, 11) is -1.53. The van der Waals surface area contributed by atoms with E-state index in [0.29, 0.717) is 5.75 Å². The third kappa shape index (κ3) is 8.77. The van der Waals surface area contributed by atoms with E-state index in [1.54, 1.807) is 48.5 Å². The second kappa shape index (κ2) is 16.5. The number of carbonyl (C=O) groups excluding carboxylic acids is 2. The largest absolute Gasteiger partial charge is 0.493 e. The van der Waals surface area contributed by atoms with E-state index < -0.39 is 34.3 Å². The van der Waals surface area contributed by atoms with Gasteiger partial charge in [-0.25, -0.2) is 12.8 Å². The lowest BCUT2D eigenvalue weighted by Gasteiger charge is -2.35. The maximum atomic E-state index is 15.2. The number of ether oxygens (including phenoxy) is 2. The summed E-state index contributed by atoms with van der Waals surface area (Å²) in [5.74, 6) is -1.03. The van der Waals surface area contributed by atoms with Gasteiger partial charge in [-0.15, -0.1) is 0 Å². The molecule has 0 unspecified atom stereocenters. The predicted octanol–water partition coefficient (Wildman–Crippen LogP) is 6.13. The molecule has 2 amide bonds. The van der Waals surface area contributed by atoms with Crippen LogP contribution in [0.1, 0.15) is 43.2 Å². The number of hydrogen-bond acceptors (Lipinski definition) is 6. The molecule has 4 aromatic rings. The Hall–Kier alpha value is -4.90. The van der Waals surface area contributed by atoms with Crippen molar-refractivity contribution < 1.29 is 31.9 Å². The molecule has 1 aliphatic carbocycles. The standard InChI is InChI=1S/C38H42FN3O6S/c1-47-35-23-22-32(25-36(35)48-2)49(45,46)42(31-19-10-5-11-20-31)27-37(43)41(26-29-16-12-13-21-33(29)39)34(24-28-14-6-3-7-15-28)38(44)40-30-17-8-4-9-18-30/h3,5-7,10-16,19-23,25,30,34H,4,8-9,17-18,24,26-27H2,1-2H3,(H,40,44)/t34-/m0/s1. The summed E-state index contributed by atoms with van der Waals surface area (Å²) in [6, 6.07) is 26.7. The first-order valence-corrected chi connectivity index (χ1v) is 17.8. The maximum Gasteiger partial charge on any atom is 0.264 e. The van der Waals surface area contributed by atoms with Crippen molar-refractivity contribution in [1.82, 2.24) is 10.2 Å². The molecule has 0 aliphatic heterocycles. The van der Waals surface area contributed by atoms with Gasteiger partial charge in [-0.3, -0.25) is 13.9 Å². The zero-order chi connectivity index (χ0) is 34.8. The Morgan fingerprint density at radius 2 is 1.47 bits per heavy atom. The molecule has 0 heterocycles. The highest BCUT2D eigenvalue weighted by atomic mass is 32.2. The molecule has 0 saturated heterocycles. The summed E-state index contributed by atoms with van der Waals surface area (Å²) in [6.45, 7) is -0.905. The maximum absolute atomic E-state index is 15.2. The molecule has 1 aliphatic rings. The summed E-state index contributed by atoms with van der Waals surface area (Å²) >= 11 is 0. The lowest BCUT2D eigenvalue weighted by atomic mass is 9.94. The van der Waals surface area contributed by atoms with Gasteiger partial charge in [0.2, 0.25) is 11.8 Å². The van der Waals surface area contributed by atoms with Crippen LogP contribution in [0.25, 0.3) is 0 Å². The number of rotatable bonds is 14. The van der Waals surface area contributed by atoms with Gasteiger partial charge in [0.15, 0.2) is 11.5 Å². The number of methoxy groups -OCH3 is 2. The number of hydrogen-bond donors (Lipinski definition) is 1. The molecule has 11 heteroatoms. The van der Waals surface area contributed by atoms with Gasteiger partial charge in [-0.2, -0.15) is 0 Å². The molecule has 49 heavy (non-hydrogen) atoms. The Kier molecular flexibility index (Phi) is 11.9. The molecule has 1 fully saturated rings. The first-order chi connectivity index (χ1) is 23.7. The van der Waals surface area contributed by atoms with Gasteiger partial charge in [0, 0.05) is 30.6 Å².